The molecular weight excluding hydrogens is 442 g/mol. The second-order valence-electron chi connectivity index (χ2n) is 8.24. The van der Waals surface area contributed by atoms with E-state index in [1.807, 2.05) is 39.0 Å². The van der Waals surface area contributed by atoms with Crippen LogP contribution in [0.2, 0.25) is 0 Å². The first kappa shape index (κ1) is 23.9. The molecule has 0 spiro atoms. The van der Waals surface area contributed by atoms with Crippen LogP contribution in [0.4, 0.5) is 5.69 Å². The van der Waals surface area contributed by atoms with Gasteiger partial charge in [0.2, 0.25) is 5.88 Å². The maximum atomic E-state index is 12.5. The molecule has 8 nitrogen and oxygen atoms in total. The van der Waals surface area contributed by atoms with Crippen molar-refractivity contribution in [2.45, 2.75) is 40.5 Å². The molecule has 0 saturated heterocycles. The topological polar surface area (TPSA) is 91.2 Å². The zero-order valence-electron chi connectivity index (χ0n) is 20.4. The summed E-state index contributed by atoms with van der Waals surface area (Å²) < 4.78 is 13.2. The van der Waals surface area contributed by atoms with Crippen molar-refractivity contribution in [2.75, 3.05) is 11.9 Å². The smallest absolute Gasteiger partial charge is 0.255 e. The summed E-state index contributed by atoms with van der Waals surface area (Å²) in [5.74, 6) is 2.15. The Morgan fingerprint density at radius 2 is 1.63 bits per heavy atom. The molecule has 8 heteroatoms. The molecular formula is C27H29N5O3. The van der Waals surface area contributed by atoms with Crippen LogP contribution >= 0.6 is 0 Å². The largest absolute Gasteiger partial charge is 0.494 e. The normalized spacial score (nSPS) is 10.7. The number of carbonyl (C=O) groups is 1. The molecule has 0 atom stereocenters. The highest BCUT2D eigenvalue weighted by molar-refractivity contribution is 6.04. The van der Waals surface area contributed by atoms with Gasteiger partial charge in [0, 0.05) is 23.0 Å². The number of carbonyl (C=O) groups excluding carboxylic acids is 1. The highest BCUT2D eigenvalue weighted by Crippen LogP contribution is 2.23. The third-order valence-electron chi connectivity index (χ3n) is 5.71. The minimum Gasteiger partial charge on any atom is -0.494 e. The molecule has 2 aromatic heterocycles. The SMILES string of the molecule is CCCCOc1ccc(C(=O)Nc2ccc(Oc3ccc(-n4nc(C)c(C)c4C)nn3)cc2)cc1. The van der Waals surface area contributed by atoms with Crippen LogP contribution in [0, 0.1) is 20.8 Å². The summed E-state index contributed by atoms with van der Waals surface area (Å²) in [6.45, 7) is 8.79. The van der Waals surface area contributed by atoms with E-state index in [1.54, 1.807) is 47.1 Å². The molecule has 4 aromatic rings. The van der Waals surface area contributed by atoms with Crippen molar-refractivity contribution in [3.8, 4) is 23.2 Å². The fourth-order valence-electron chi connectivity index (χ4n) is 3.39. The Hall–Kier alpha value is -4.20. The molecule has 35 heavy (non-hydrogen) atoms. The molecule has 0 aliphatic rings. The fraction of sp³-hybridized carbons (Fsp3) is 0.259. The van der Waals surface area contributed by atoms with Crippen LogP contribution < -0.4 is 14.8 Å². The summed E-state index contributed by atoms with van der Waals surface area (Å²) in [7, 11) is 0. The van der Waals surface area contributed by atoms with Crippen LogP contribution in [-0.4, -0.2) is 32.5 Å². The number of hydrogen-bond acceptors (Lipinski definition) is 6. The molecule has 1 amide bonds. The first-order valence-corrected chi connectivity index (χ1v) is 11.6. The standard InChI is InChI=1S/C27H29N5O3/c1-5-6-17-34-23-11-7-21(8-12-23)27(33)28-22-9-13-24(14-10-22)35-26-16-15-25(29-30-26)32-20(4)18(2)19(3)31-32/h7-16H,5-6,17H2,1-4H3,(H,28,33). The van der Waals surface area contributed by atoms with E-state index < -0.39 is 0 Å². The van der Waals surface area contributed by atoms with Crippen LogP contribution in [0.5, 0.6) is 17.4 Å². The predicted molar refractivity (Wildman–Crippen MR) is 135 cm³/mol. The Bertz CT molecular complexity index is 1280. The molecule has 2 aromatic carbocycles. The Kier molecular flexibility index (Phi) is 7.40. The monoisotopic (exact) mass is 471 g/mol. The molecule has 180 valence electrons. The highest BCUT2D eigenvalue weighted by Gasteiger charge is 2.11. The number of aromatic nitrogens is 4. The van der Waals surface area contributed by atoms with Gasteiger partial charge in [0.25, 0.3) is 5.91 Å². The third-order valence-corrected chi connectivity index (χ3v) is 5.71. The molecule has 4 rings (SSSR count). The number of anilines is 1. The summed E-state index contributed by atoms with van der Waals surface area (Å²) in [6, 6.07) is 17.8. The molecule has 0 bridgehead atoms. The van der Waals surface area contributed by atoms with E-state index >= 15 is 0 Å². The average Bonchev–Trinajstić information content (AvgIpc) is 3.13. The molecule has 0 fully saturated rings. The fourth-order valence-corrected chi connectivity index (χ4v) is 3.39. The number of nitrogens with zero attached hydrogens (tertiary/aromatic N) is 4. The maximum absolute atomic E-state index is 12.5. The summed E-state index contributed by atoms with van der Waals surface area (Å²) in [5, 5.41) is 15.8. The average molecular weight is 472 g/mol. The second-order valence-corrected chi connectivity index (χ2v) is 8.24. The minimum absolute atomic E-state index is 0.195. The van der Waals surface area contributed by atoms with Crippen molar-refractivity contribution in [3.63, 3.8) is 0 Å². The second kappa shape index (κ2) is 10.8. The van der Waals surface area contributed by atoms with Gasteiger partial charge >= 0.3 is 0 Å². The quantitative estimate of drug-likeness (QED) is 0.310. The zero-order chi connectivity index (χ0) is 24.8. The number of rotatable bonds is 9. The number of unbranched alkanes of at least 4 members (excludes halogenated alkanes) is 1. The van der Waals surface area contributed by atoms with Gasteiger partial charge in [0.1, 0.15) is 11.5 Å². The zero-order valence-corrected chi connectivity index (χ0v) is 20.4. The van der Waals surface area contributed by atoms with Crippen molar-refractivity contribution in [1.82, 2.24) is 20.0 Å². The van der Waals surface area contributed by atoms with Crippen LogP contribution in [-0.2, 0) is 0 Å². The minimum atomic E-state index is -0.195. The van der Waals surface area contributed by atoms with E-state index in [0.29, 0.717) is 35.3 Å². The number of ether oxygens (including phenoxy) is 2. The lowest BCUT2D eigenvalue weighted by Crippen LogP contribution is -2.11. The van der Waals surface area contributed by atoms with E-state index in [-0.39, 0.29) is 5.91 Å². The molecule has 0 unspecified atom stereocenters. The lowest BCUT2D eigenvalue weighted by atomic mass is 10.2. The Morgan fingerprint density at radius 1 is 0.914 bits per heavy atom. The van der Waals surface area contributed by atoms with Gasteiger partial charge in [0.15, 0.2) is 5.82 Å². The molecule has 0 aliphatic carbocycles. The molecule has 0 aliphatic heterocycles. The van der Waals surface area contributed by atoms with Gasteiger partial charge in [0.05, 0.1) is 12.3 Å². The number of aryl methyl sites for hydroxylation is 1. The predicted octanol–water partition coefficient (Wildman–Crippen LogP) is 5.81. The van der Waals surface area contributed by atoms with Crippen molar-refractivity contribution >= 4 is 11.6 Å². The Labute approximate surface area is 204 Å². The summed E-state index contributed by atoms with van der Waals surface area (Å²) in [6.07, 6.45) is 2.08. The summed E-state index contributed by atoms with van der Waals surface area (Å²) >= 11 is 0. The first-order valence-electron chi connectivity index (χ1n) is 11.6. The van der Waals surface area contributed by atoms with E-state index in [0.717, 1.165) is 35.5 Å². The summed E-state index contributed by atoms with van der Waals surface area (Å²) in [4.78, 5) is 12.5. The van der Waals surface area contributed by atoms with Crippen molar-refractivity contribution in [3.05, 3.63) is 83.2 Å². The number of nitrogens with one attached hydrogen (secondary N) is 1. The molecule has 0 saturated carbocycles. The molecule has 2 heterocycles. The van der Waals surface area contributed by atoms with Gasteiger partial charge in [-0.2, -0.15) is 5.10 Å². The number of amides is 1. The van der Waals surface area contributed by atoms with Gasteiger partial charge in [-0.05, 0) is 87.4 Å². The van der Waals surface area contributed by atoms with Gasteiger partial charge < -0.3 is 14.8 Å². The van der Waals surface area contributed by atoms with Crippen LogP contribution in [0.15, 0.2) is 60.7 Å². The van der Waals surface area contributed by atoms with Crippen molar-refractivity contribution in [2.24, 2.45) is 0 Å². The Morgan fingerprint density at radius 3 is 2.23 bits per heavy atom. The van der Waals surface area contributed by atoms with E-state index in [2.05, 4.69) is 27.5 Å². The van der Waals surface area contributed by atoms with Crippen molar-refractivity contribution < 1.29 is 14.3 Å². The van der Waals surface area contributed by atoms with Crippen LogP contribution in [0.1, 0.15) is 47.1 Å². The van der Waals surface area contributed by atoms with Gasteiger partial charge in [-0.15, -0.1) is 10.2 Å². The van der Waals surface area contributed by atoms with E-state index in [4.69, 9.17) is 9.47 Å². The van der Waals surface area contributed by atoms with Crippen LogP contribution in [0.25, 0.3) is 5.82 Å². The maximum Gasteiger partial charge on any atom is 0.255 e. The lowest BCUT2D eigenvalue weighted by Gasteiger charge is -2.09. The third kappa shape index (κ3) is 5.84. The highest BCUT2D eigenvalue weighted by atomic mass is 16.5. The van der Waals surface area contributed by atoms with E-state index in [9.17, 15) is 4.79 Å². The van der Waals surface area contributed by atoms with Crippen LogP contribution in [0.3, 0.4) is 0 Å². The lowest BCUT2D eigenvalue weighted by molar-refractivity contribution is 0.102. The van der Waals surface area contributed by atoms with Gasteiger partial charge in [-0.25, -0.2) is 4.68 Å². The number of hydrogen-bond donors (Lipinski definition) is 1. The number of benzene rings is 2. The van der Waals surface area contributed by atoms with Gasteiger partial charge in [-0.3, -0.25) is 4.79 Å². The Balaban J connectivity index is 1.34. The van der Waals surface area contributed by atoms with Crippen molar-refractivity contribution in [1.29, 1.82) is 0 Å². The first-order chi connectivity index (χ1) is 16.9. The van der Waals surface area contributed by atoms with E-state index in [1.165, 1.54) is 0 Å². The van der Waals surface area contributed by atoms with Gasteiger partial charge in [-0.1, -0.05) is 13.3 Å². The summed E-state index contributed by atoms with van der Waals surface area (Å²) in [5.41, 5.74) is 4.34. The molecule has 0 radical (unpaired) electrons. The molecule has 1 N–H and O–H groups in total.